The van der Waals surface area contributed by atoms with E-state index in [-0.39, 0.29) is 42.0 Å². The first-order chi connectivity index (χ1) is 11.9. The maximum absolute atomic E-state index is 11.9. The van der Waals surface area contributed by atoms with E-state index in [1.54, 1.807) is 0 Å². The molecule has 146 valence electrons. The Kier molecular flexibility index (Phi) is 8.97. The average molecular weight is 476 g/mol. The highest BCUT2D eigenvalue weighted by atomic mass is 127. The predicted octanol–water partition coefficient (Wildman–Crippen LogP) is 2.76. The number of benzene rings is 1. The summed E-state index contributed by atoms with van der Waals surface area (Å²) in [5.74, 6) is 1.88. The fourth-order valence-corrected chi connectivity index (χ4v) is 2.29. The minimum atomic E-state index is -0.271. The third-order valence-electron chi connectivity index (χ3n) is 3.25. The van der Waals surface area contributed by atoms with Crippen LogP contribution in [0.15, 0.2) is 23.2 Å². The van der Waals surface area contributed by atoms with E-state index < -0.39 is 0 Å². The minimum Gasteiger partial charge on any atom is -0.490 e. The molecule has 1 amide bonds. The molecule has 7 nitrogen and oxygen atoms in total. The molecule has 3 N–H and O–H groups in total. The third-order valence-corrected chi connectivity index (χ3v) is 3.25. The van der Waals surface area contributed by atoms with Gasteiger partial charge >= 0.3 is 0 Å². The van der Waals surface area contributed by atoms with Crippen molar-refractivity contribution in [3.8, 4) is 11.5 Å². The van der Waals surface area contributed by atoms with Crippen molar-refractivity contribution in [2.75, 3.05) is 31.6 Å². The molecular formula is C18H29IN4O3. The summed E-state index contributed by atoms with van der Waals surface area (Å²) in [5.41, 5.74) is 0.549. The molecule has 26 heavy (non-hydrogen) atoms. The summed E-state index contributed by atoms with van der Waals surface area (Å²) >= 11 is 0. The second-order valence-electron chi connectivity index (χ2n) is 6.83. The van der Waals surface area contributed by atoms with Crippen LogP contribution in [0.3, 0.4) is 0 Å². The Labute approximate surface area is 172 Å². The maximum Gasteiger partial charge on any atom is 0.242 e. The molecule has 0 spiro atoms. The molecular weight excluding hydrogens is 447 g/mol. The van der Waals surface area contributed by atoms with Crippen LogP contribution in [0.2, 0.25) is 0 Å². The van der Waals surface area contributed by atoms with Crippen molar-refractivity contribution in [2.24, 2.45) is 4.99 Å². The Balaban J connectivity index is 0.00000338. The summed E-state index contributed by atoms with van der Waals surface area (Å²) in [6.07, 6.45) is 0.866. The number of ether oxygens (including phenoxy) is 2. The molecule has 1 heterocycles. The lowest BCUT2D eigenvalue weighted by Crippen LogP contribution is -2.42. The fourth-order valence-electron chi connectivity index (χ4n) is 2.29. The van der Waals surface area contributed by atoms with E-state index in [1.807, 2.05) is 45.9 Å². The van der Waals surface area contributed by atoms with Crippen LogP contribution in [-0.2, 0) is 4.79 Å². The second kappa shape index (κ2) is 10.4. The summed E-state index contributed by atoms with van der Waals surface area (Å²) < 4.78 is 11.3. The van der Waals surface area contributed by atoms with Gasteiger partial charge in [-0.3, -0.25) is 4.79 Å². The van der Waals surface area contributed by atoms with Gasteiger partial charge in [0.25, 0.3) is 0 Å². The molecule has 0 aromatic heterocycles. The topological polar surface area (TPSA) is 84.0 Å². The number of halogens is 1. The van der Waals surface area contributed by atoms with Crippen LogP contribution in [0.4, 0.5) is 5.69 Å². The van der Waals surface area contributed by atoms with Gasteiger partial charge in [0.05, 0.1) is 13.2 Å². The predicted molar refractivity (Wildman–Crippen MR) is 115 cm³/mol. The van der Waals surface area contributed by atoms with E-state index in [0.29, 0.717) is 31.5 Å². The summed E-state index contributed by atoms with van der Waals surface area (Å²) in [6.45, 7) is 9.83. The van der Waals surface area contributed by atoms with Crippen LogP contribution in [0.25, 0.3) is 0 Å². The van der Waals surface area contributed by atoms with E-state index in [2.05, 4.69) is 20.9 Å². The summed E-state index contributed by atoms with van der Waals surface area (Å²) in [6, 6.07) is 5.65. The van der Waals surface area contributed by atoms with Crippen molar-refractivity contribution in [2.45, 2.75) is 39.7 Å². The van der Waals surface area contributed by atoms with Gasteiger partial charge in [-0.25, -0.2) is 4.99 Å². The lowest BCUT2D eigenvalue weighted by Gasteiger charge is -2.20. The van der Waals surface area contributed by atoms with Crippen molar-refractivity contribution in [3.63, 3.8) is 0 Å². The molecule has 2 rings (SSSR count). The fraction of sp³-hybridized carbons (Fsp3) is 0.556. The number of aliphatic imine (C=N–C) groups is 1. The third kappa shape index (κ3) is 7.67. The van der Waals surface area contributed by atoms with Gasteiger partial charge in [-0.15, -0.1) is 24.0 Å². The van der Waals surface area contributed by atoms with Crippen LogP contribution in [0, 0.1) is 0 Å². The minimum absolute atomic E-state index is 0. The van der Waals surface area contributed by atoms with Crippen LogP contribution in [0.5, 0.6) is 11.5 Å². The molecule has 0 saturated heterocycles. The molecule has 1 aliphatic heterocycles. The Morgan fingerprint density at radius 1 is 1.19 bits per heavy atom. The molecule has 1 aromatic rings. The summed E-state index contributed by atoms with van der Waals surface area (Å²) in [4.78, 5) is 16.3. The zero-order valence-electron chi connectivity index (χ0n) is 15.8. The number of anilines is 1. The lowest BCUT2D eigenvalue weighted by atomic mass is 10.1. The normalized spacial score (nSPS) is 13.9. The first-order valence-electron chi connectivity index (χ1n) is 8.63. The first kappa shape index (κ1) is 22.3. The van der Waals surface area contributed by atoms with E-state index in [1.165, 1.54) is 0 Å². The molecule has 0 saturated carbocycles. The molecule has 0 atom stereocenters. The Morgan fingerprint density at radius 2 is 1.88 bits per heavy atom. The molecule has 0 bridgehead atoms. The smallest absolute Gasteiger partial charge is 0.242 e. The van der Waals surface area contributed by atoms with Gasteiger partial charge in [-0.1, -0.05) is 0 Å². The number of nitrogens with one attached hydrogen (secondary N) is 3. The monoisotopic (exact) mass is 476 g/mol. The van der Waals surface area contributed by atoms with Gasteiger partial charge in [-0.2, -0.15) is 0 Å². The SMILES string of the molecule is CCNC(=NCC(=O)NC(C)(C)C)Nc1ccc2c(c1)OCCCO2.I. The van der Waals surface area contributed by atoms with Crippen LogP contribution >= 0.6 is 24.0 Å². The molecule has 0 radical (unpaired) electrons. The zero-order valence-corrected chi connectivity index (χ0v) is 18.2. The number of guanidine groups is 1. The van der Waals surface area contributed by atoms with Crippen LogP contribution < -0.4 is 25.4 Å². The number of hydrogen-bond acceptors (Lipinski definition) is 4. The van der Waals surface area contributed by atoms with Crippen LogP contribution in [0.1, 0.15) is 34.1 Å². The van der Waals surface area contributed by atoms with Gasteiger partial charge in [0, 0.05) is 30.3 Å². The number of carbonyl (C=O) groups excluding carboxylic acids is 1. The number of carbonyl (C=O) groups is 1. The van der Waals surface area contributed by atoms with Crippen molar-refractivity contribution >= 4 is 41.5 Å². The number of rotatable bonds is 4. The molecule has 1 aliphatic rings. The molecule has 0 fully saturated rings. The molecule has 0 unspecified atom stereocenters. The molecule has 1 aromatic carbocycles. The molecule has 0 aliphatic carbocycles. The highest BCUT2D eigenvalue weighted by molar-refractivity contribution is 14.0. The highest BCUT2D eigenvalue weighted by Crippen LogP contribution is 2.32. The maximum atomic E-state index is 11.9. The Morgan fingerprint density at radius 3 is 2.54 bits per heavy atom. The summed E-state index contributed by atoms with van der Waals surface area (Å²) in [7, 11) is 0. The van der Waals surface area contributed by atoms with Gasteiger partial charge in [-0.05, 0) is 39.8 Å². The Bertz CT molecular complexity index is 629. The lowest BCUT2D eigenvalue weighted by molar-refractivity contribution is -0.121. The van der Waals surface area contributed by atoms with Crippen molar-refractivity contribution < 1.29 is 14.3 Å². The van der Waals surface area contributed by atoms with E-state index in [9.17, 15) is 4.79 Å². The highest BCUT2D eigenvalue weighted by Gasteiger charge is 2.14. The number of fused-ring (bicyclic) bond motifs is 1. The second-order valence-corrected chi connectivity index (χ2v) is 6.83. The van der Waals surface area contributed by atoms with Gasteiger partial charge < -0.3 is 25.4 Å². The van der Waals surface area contributed by atoms with E-state index >= 15 is 0 Å². The van der Waals surface area contributed by atoms with Crippen molar-refractivity contribution in [3.05, 3.63) is 18.2 Å². The van der Waals surface area contributed by atoms with Crippen molar-refractivity contribution in [1.82, 2.24) is 10.6 Å². The summed E-state index contributed by atoms with van der Waals surface area (Å²) in [5, 5.41) is 9.21. The van der Waals surface area contributed by atoms with Crippen molar-refractivity contribution in [1.29, 1.82) is 0 Å². The van der Waals surface area contributed by atoms with E-state index in [0.717, 1.165) is 17.9 Å². The van der Waals surface area contributed by atoms with Crippen LogP contribution in [-0.4, -0.2) is 43.7 Å². The van der Waals surface area contributed by atoms with Gasteiger partial charge in [0.1, 0.15) is 6.54 Å². The molecule has 8 heteroatoms. The standard InChI is InChI=1S/C18H28N4O3.HI/c1-5-19-17(20-12-16(23)22-18(2,3)4)21-13-7-8-14-15(11-13)25-10-6-9-24-14;/h7-8,11H,5-6,9-10,12H2,1-4H3,(H,22,23)(H2,19,20,21);1H. The first-order valence-corrected chi connectivity index (χ1v) is 8.63. The van der Waals surface area contributed by atoms with Gasteiger partial charge in [0.15, 0.2) is 17.5 Å². The largest absolute Gasteiger partial charge is 0.490 e. The average Bonchev–Trinajstić information content (AvgIpc) is 2.76. The number of amides is 1. The quantitative estimate of drug-likeness (QED) is 0.354. The van der Waals surface area contributed by atoms with Gasteiger partial charge in [0.2, 0.25) is 5.91 Å². The number of nitrogens with zero attached hydrogens (tertiary/aromatic N) is 1. The van der Waals surface area contributed by atoms with E-state index in [4.69, 9.17) is 9.47 Å². The number of hydrogen-bond donors (Lipinski definition) is 3. The zero-order chi connectivity index (χ0) is 18.3. The Hall–Kier alpha value is -1.71.